The first kappa shape index (κ1) is 22.6. The van der Waals surface area contributed by atoms with E-state index in [1.54, 1.807) is 13.8 Å². The van der Waals surface area contributed by atoms with Crippen LogP contribution < -0.4 is 0 Å². The second kappa shape index (κ2) is 12.0. The molecule has 2 unspecified atom stereocenters. The summed E-state index contributed by atoms with van der Waals surface area (Å²) in [5.41, 5.74) is 0. The third-order valence-electron chi connectivity index (χ3n) is 4.37. The van der Waals surface area contributed by atoms with Crippen LogP contribution in [0.4, 0.5) is 0 Å². The molecule has 6 heteroatoms. The molecule has 0 spiro atoms. The molecule has 140 valence electrons. The molecule has 0 aromatic rings. The topological polar surface area (TPSA) is 94.8 Å². The Morgan fingerprint density at radius 2 is 1.54 bits per heavy atom. The van der Waals surface area contributed by atoms with Crippen LogP contribution in [0.1, 0.15) is 46.5 Å². The van der Waals surface area contributed by atoms with Gasteiger partial charge in [-0.1, -0.05) is 25.8 Å². The molecule has 0 bridgehead atoms. The van der Waals surface area contributed by atoms with Crippen molar-refractivity contribution in [3.8, 4) is 0 Å². The van der Waals surface area contributed by atoms with Crippen LogP contribution in [0.15, 0.2) is 12.2 Å². The molecule has 0 amide bonds. The van der Waals surface area contributed by atoms with E-state index in [4.69, 9.17) is 0 Å². The summed E-state index contributed by atoms with van der Waals surface area (Å²) in [5, 5.41) is 27.9. The SMILES string of the molecule is CCCCC/C=C/C[N+](CCO)(CC(C)C(=O)O)CC(C)C(=O)O. The Labute approximate surface area is 145 Å². The summed E-state index contributed by atoms with van der Waals surface area (Å²) in [4.78, 5) is 22.5. The summed E-state index contributed by atoms with van der Waals surface area (Å²) in [7, 11) is 0. The van der Waals surface area contributed by atoms with Crippen molar-refractivity contribution in [3.63, 3.8) is 0 Å². The Bertz CT molecular complexity index is 386. The van der Waals surface area contributed by atoms with Gasteiger partial charge in [0.15, 0.2) is 0 Å². The third-order valence-corrected chi connectivity index (χ3v) is 4.37. The van der Waals surface area contributed by atoms with Crippen LogP contribution in [-0.4, -0.2) is 64.5 Å². The summed E-state index contributed by atoms with van der Waals surface area (Å²) < 4.78 is 0.279. The summed E-state index contributed by atoms with van der Waals surface area (Å²) in [6.45, 7) is 6.83. The van der Waals surface area contributed by atoms with Gasteiger partial charge in [-0.05, 0) is 32.8 Å². The van der Waals surface area contributed by atoms with Gasteiger partial charge in [-0.15, -0.1) is 0 Å². The smallest absolute Gasteiger partial charge is 0.311 e. The molecular weight excluding hydrogens is 310 g/mol. The van der Waals surface area contributed by atoms with Crippen LogP contribution >= 0.6 is 0 Å². The molecule has 0 radical (unpaired) electrons. The average molecular weight is 344 g/mol. The van der Waals surface area contributed by atoms with Crippen LogP contribution in [0.2, 0.25) is 0 Å². The fourth-order valence-electron chi connectivity index (χ4n) is 2.96. The quantitative estimate of drug-likeness (QED) is 0.255. The highest BCUT2D eigenvalue weighted by Crippen LogP contribution is 2.17. The van der Waals surface area contributed by atoms with E-state index in [1.807, 2.05) is 6.08 Å². The fraction of sp³-hybridized carbons (Fsp3) is 0.778. The maximum atomic E-state index is 11.2. The van der Waals surface area contributed by atoms with E-state index in [9.17, 15) is 24.9 Å². The van der Waals surface area contributed by atoms with Gasteiger partial charge in [0.25, 0.3) is 0 Å². The van der Waals surface area contributed by atoms with E-state index in [1.165, 1.54) is 6.42 Å². The van der Waals surface area contributed by atoms with Gasteiger partial charge in [-0.25, -0.2) is 0 Å². The first-order valence-corrected chi connectivity index (χ1v) is 8.84. The molecule has 0 fully saturated rings. The summed E-state index contributed by atoms with van der Waals surface area (Å²) in [6, 6.07) is 0. The van der Waals surface area contributed by atoms with E-state index >= 15 is 0 Å². The molecule has 0 saturated heterocycles. The number of hydrogen-bond acceptors (Lipinski definition) is 3. The van der Waals surface area contributed by atoms with Gasteiger partial charge in [0.1, 0.15) is 18.4 Å². The first-order valence-electron chi connectivity index (χ1n) is 8.84. The van der Waals surface area contributed by atoms with Gasteiger partial charge in [0, 0.05) is 0 Å². The number of hydrogen-bond donors (Lipinski definition) is 3. The number of aliphatic hydroxyl groups is 1. The number of carboxylic acids is 2. The van der Waals surface area contributed by atoms with E-state index in [-0.39, 0.29) is 11.1 Å². The minimum Gasteiger partial charge on any atom is -0.481 e. The molecule has 3 N–H and O–H groups in total. The zero-order valence-corrected chi connectivity index (χ0v) is 15.3. The molecule has 2 atom stereocenters. The second-order valence-corrected chi connectivity index (χ2v) is 6.78. The van der Waals surface area contributed by atoms with Crippen molar-refractivity contribution in [3.05, 3.63) is 12.2 Å². The Morgan fingerprint density at radius 1 is 1.00 bits per heavy atom. The molecule has 6 nitrogen and oxygen atoms in total. The van der Waals surface area contributed by atoms with Gasteiger partial charge in [0.05, 0.1) is 26.2 Å². The van der Waals surface area contributed by atoms with Crippen LogP contribution in [0.3, 0.4) is 0 Å². The zero-order valence-electron chi connectivity index (χ0n) is 15.3. The summed E-state index contributed by atoms with van der Waals surface area (Å²) >= 11 is 0. The minimum absolute atomic E-state index is 0.0949. The number of carbonyl (C=O) groups is 2. The lowest BCUT2D eigenvalue weighted by Gasteiger charge is -2.40. The monoisotopic (exact) mass is 344 g/mol. The number of carboxylic acid groups (broad SMARTS) is 2. The van der Waals surface area contributed by atoms with Crippen molar-refractivity contribution in [2.45, 2.75) is 46.5 Å². The van der Waals surface area contributed by atoms with Crippen molar-refractivity contribution in [2.24, 2.45) is 11.8 Å². The van der Waals surface area contributed by atoms with Crippen LogP contribution in [0.5, 0.6) is 0 Å². The zero-order chi connectivity index (χ0) is 18.6. The average Bonchev–Trinajstić information content (AvgIpc) is 2.50. The fourth-order valence-corrected chi connectivity index (χ4v) is 2.96. The number of rotatable bonds is 14. The Kier molecular flexibility index (Phi) is 11.3. The van der Waals surface area contributed by atoms with E-state index in [0.29, 0.717) is 26.2 Å². The summed E-state index contributed by atoms with van der Waals surface area (Å²) in [6.07, 6.45) is 8.50. The van der Waals surface area contributed by atoms with Crippen molar-refractivity contribution in [1.29, 1.82) is 0 Å². The lowest BCUT2D eigenvalue weighted by atomic mass is 10.1. The molecule has 0 rings (SSSR count). The highest BCUT2D eigenvalue weighted by molar-refractivity contribution is 5.70. The molecule has 0 heterocycles. The predicted molar refractivity (Wildman–Crippen MR) is 93.7 cm³/mol. The molecule has 0 saturated carbocycles. The maximum absolute atomic E-state index is 11.2. The van der Waals surface area contributed by atoms with Crippen molar-refractivity contribution < 1.29 is 29.4 Å². The maximum Gasteiger partial charge on any atom is 0.311 e. The number of aliphatic hydroxyl groups excluding tert-OH is 1. The lowest BCUT2D eigenvalue weighted by molar-refractivity contribution is -0.927. The molecule has 0 aromatic carbocycles. The number of aliphatic carboxylic acids is 2. The van der Waals surface area contributed by atoms with E-state index in [2.05, 4.69) is 13.0 Å². The summed E-state index contributed by atoms with van der Waals surface area (Å²) in [5.74, 6) is -2.98. The van der Waals surface area contributed by atoms with Gasteiger partial charge in [-0.3, -0.25) is 9.59 Å². The molecule has 0 aliphatic rings. The van der Waals surface area contributed by atoms with Crippen LogP contribution in [0, 0.1) is 11.8 Å². The molecular formula is C18H34NO5+. The van der Waals surface area contributed by atoms with Crippen LogP contribution in [-0.2, 0) is 9.59 Å². The van der Waals surface area contributed by atoms with Crippen LogP contribution in [0.25, 0.3) is 0 Å². The molecule has 24 heavy (non-hydrogen) atoms. The standard InChI is InChI=1S/C18H33NO5/c1-4-5-6-7-8-9-10-19(11-12-20,13-15(2)17(21)22)14-16(3)18(23)24/h8-9,15-16,20H,4-7,10-14H2,1-3H3,(H-,21,22,23,24)/p+1/b9-8+. The number of unbranched alkanes of at least 4 members (excludes halogenated alkanes) is 3. The highest BCUT2D eigenvalue weighted by atomic mass is 16.4. The van der Waals surface area contributed by atoms with E-state index in [0.717, 1.165) is 19.3 Å². The molecule has 0 aromatic heterocycles. The number of nitrogens with zero attached hydrogens (tertiary/aromatic N) is 1. The van der Waals surface area contributed by atoms with Crippen molar-refractivity contribution in [2.75, 3.05) is 32.8 Å². The second-order valence-electron chi connectivity index (χ2n) is 6.78. The van der Waals surface area contributed by atoms with Gasteiger partial charge < -0.3 is 19.8 Å². The lowest BCUT2D eigenvalue weighted by Crippen LogP contribution is -2.56. The molecule has 0 aliphatic heterocycles. The Hall–Kier alpha value is -1.40. The van der Waals surface area contributed by atoms with Gasteiger partial charge in [-0.2, -0.15) is 0 Å². The number of allylic oxidation sites excluding steroid dienone is 1. The highest BCUT2D eigenvalue weighted by Gasteiger charge is 2.34. The van der Waals surface area contributed by atoms with Crippen molar-refractivity contribution >= 4 is 11.9 Å². The predicted octanol–water partition coefficient (Wildman–Crippen LogP) is 2.37. The molecule has 0 aliphatic carbocycles. The first-order chi connectivity index (χ1) is 11.3. The van der Waals surface area contributed by atoms with Gasteiger partial charge >= 0.3 is 11.9 Å². The largest absolute Gasteiger partial charge is 0.481 e. The normalized spacial score (nSPS) is 16.7. The Balaban J connectivity index is 5.10. The number of quaternary nitrogens is 1. The Morgan fingerprint density at radius 3 is 1.96 bits per heavy atom. The minimum atomic E-state index is -0.898. The van der Waals surface area contributed by atoms with Crippen molar-refractivity contribution in [1.82, 2.24) is 0 Å². The third kappa shape index (κ3) is 9.03. The van der Waals surface area contributed by atoms with E-state index < -0.39 is 23.8 Å². The van der Waals surface area contributed by atoms with Gasteiger partial charge in [0.2, 0.25) is 0 Å².